The summed E-state index contributed by atoms with van der Waals surface area (Å²) < 4.78 is 9.71. The van der Waals surface area contributed by atoms with Gasteiger partial charge < -0.3 is 20.5 Å². The quantitative estimate of drug-likeness (QED) is 0.135. The number of nitrogens with two attached hydrogens (primary N) is 1. The Labute approximate surface area is 155 Å². The first-order valence-electron chi connectivity index (χ1n) is 7.42. The van der Waals surface area contributed by atoms with Gasteiger partial charge in [0, 0.05) is 11.2 Å². The van der Waals surface area contributed by atoms with Crippen LogP contribution in [0.4, 0.5) is 11.4 Å². The third-order valence-electron chi connectivity index (χ3n) is 2.72. The standard InChI is InChI=1S/C16H19Cl2N3O4/c1-3-24-15(22)11(16(23)25-4-2)9-20-12-6-5-10(18)7-13(12)21-14(19)8-17/h5-7,9,20H,3-4,8H2,1-2H3,(H2,19,21). The topological polar surface area (TPSA) is 103 Å². The minimum absolute atomic E-state index is 0.0404. The summed E-state index contributed by atoms with van der Waals surface area (Å²) in [6.45, 7) is 3.51. The number of carbonyl (C=O) groups excluding carboxylic acids is 2. The molecule has 0 saturated carbocycles. The van der Waals surface area contributed by atoms with E-state index in [2.05, 4.69) is 10.3 Å². The SMILES string of the molecule is CCOC(=O)C(=CNc1ccc(Cl)cc1N=C(N)CCl)C(=O)OCC. The molecule has 0 aromatic heterocycles. The fourth-order valence-electron chi connectivity index (χ4n) is 1.67. The van der Waals surface area contributed by atoms with Crippen molar-refractivity contribution in [1.29, 1.82) is 0 Å². The fourth-order valence-corrected chi connectivity index (χ4v) is 1.90. The molecule has 0 aliphatic carbocycles. The van der Waals surface area contributed by atoms with Gasteiger partial charge in [-0.1, -0.05) is 11.6 Å². The van der Waals surface area contributed by atoms with Gasteiger partial charge in [-0.3, -0.25) is 0 Å². The average Bonchev–Trinajstić information content (AvgIpc) is 2.57. The molecule has 25 heavy (non-hydrogen) atoms. The van der Waals surface area contributed by atoms with Gasteiger partial charge >= 0.3 is 11.9 Å². The molecule has 0 radical (unpaired) electrons. The van der Waals surface area contributed by atoms with Crippen molar-refractivity contribution in [2.45, 2.75) is 13.8 Å². The molecule has 0 spiro atoms. The molecule has 9 heteroatoms. The monoisotopic (exact) mass is 387 g/mol. The number of alkyl halides is 1. The van der Waals surface area contributed by atoms with E-state index in [4.69, 9.17) is 38.4 Å². The van der Waals surface area contributed by atoms with Gasteiger partial charge in [0.05, 0.1) is 30.5 Å². The van der Waals surface area contributed by atoms with Gasteiger partial charge in [0.25, 0.3) is 0 Å². The molecule has 0 heterocycles. The number of nitrogens with one attached hydrogen (secondary N) is 1. The summed E-state index contributed by atoms with van der Waals surface area (Å²) in [6, 6.07) is 4.79. The highest BCUT2D eigenvalue weighted by atomic mass is 35.5. The van der Waals surface area contributed by atoms with Crippen molar-refractivity contribution in [3.05, 3.63) is 35.0 Å². The Hall–Kier alpha value is -2.25. The molecule has 1 aromatic rings. The second-order valence-electron chi connectivity index (χ2n) is 4.54. The van der Waals surface area contributed by atoms with Crippen LogP contribution in [0.25, 0.3) is 0 Å². The van der Waals surface area contributed by atoms with Crippen molar-refractivity contribution in [1.82, 2.24) is 0 Å². The molecule has 0 atom stereocenters. The highest BCUT2D eigenvalue weighted by Crippen LogP contribution is 2.29. The van der Waals surface area contributed by atoms with Crippen LogP contribution in [-0.2, 0) is 19.1 Å². The highest BCUT2D eigenvalue weighted by Gasteiger charge is 2.21. The number of rotatable bonds is 8. The number of benzene rings is 1. The van der Waals surface area contributed by atoms with Crippen LogP contribution in [0.1, 0.15) is 13.8 Å². The number of aliphatic imine (C=N–C) groups is 1. The molecule has 0 aliphatic heterocycles. The van der Waals surface area contributed by atoms with Crippen LogP contribution in [0, 0.1) is 0 Å². The van der Waals surface area contributed by atoms with Gasteiger partial charge in [-0.25, -0.2) is 14.6 Å². The molecule has 0 unspecified atom stereocenters. The normalized spacial score (nSPS) is 10.8. The van der Waals surface area contributed by atoms with Crippen molar-refractivity contribution < 1.29 is 19.1 Å². The molecule has 0 aliphatic rings. The van der Waals surface area contributed by atoms with Crippen LogP contribution in [0.2, 0.25) is 5.02 Å². The number of anilines is 1. The number of halogens is 2. The molecule has 0 amide bonds. The average molecular weight is 388 g/mol. The largest absolute Gasteiger partial charge is 0.462 e. The third-order valence-corrected chi connectivity index (χ3v) is 3.23. The summed E-state index contributed by atoms with van der Waals surface area (Å²) in [5.74, 6) is -1.37. The van der Waals surface area contributed by atoms with Crippen LogP contribution in [-0.4, -0.2) is 36.9 Å². The molecule has 3 N–H and O–H groups in total. The van der Waals surface area contributed by atoms with Crippen LogP contribution in [0.15, 0.2) is 35.0 Å². The van der Waals surface area contributed by atoms with E-state index in [1.54, 1.807) is 32.0 Å². The molecule has 7 nitrogen and oxygen atoms in total. The molecule has 1 rings (SSSR count). The maximum atomic E-state index is 11.9. The number of carbonyl (C=O) groups is 2. The number of hydrogen-bond donors (Lipinski definition) is 2. The van der Waals surface area contributed by atoms with E-state index in [1.165, 1.54) is 6.20 Å². The maximum Gasteiger partial charge on any atom is 0.347 e. The predicted molar refractivity (Wildman–Crippen MR) is 98.4 cm³/mol. The van der Waals surface area contributed by atoms with E-state index < -0.39 is 11.9 Å². The minimum Gasteiger partial charge on any atom is -0.462 e. The van der Waals surface area contributed by atoms with E-state index in [9.17, 15) is 9.59 Å². The van der Waals surface area contributed by atoms with E-state index in [1.807, 2.05) is 0 Å². The Bertz CT molecular complexity index is 670. The van der Waals surface area contributed by atoms with Crippen LogP contribution in [0.3, 0.4) is 0 Å². The van der Waals surface area contributed by atoms with E-state index in [-0.39, 0.29) is 30.5 Å². The van der Waals surface area contributed by atoms with E-state index >= 15 is 0 Å². The smallest absolute Gasteiger partial charge is 0.347 e. The number of esters is 2. The molecule has 0 saturated heterocycles. The van der Waals surface area contributed by atoms with Crippen molar-refractivity contribution in [2.24, 2.45) is 10.7 Å². The number of hydrogen-bond acceptors (Lipinski definition) is 6. The Morgan fingerprint density at radius 2 is 1.84 bits per heavy atom. The summed E-state index contributed by atoms with van der Waals surface area (Å²) in [5.41, 5.74) is 6.22. The predicted octanol–water partition coefficient (Wildman–Crippen LogP) is 2.99. The minimum atomic E-state index is -0.798. The lowest BCUT2D eigenvalue weighted by Crippen LogP contribution is -2.19. The summed E-state index contributed by atoms with van der Waals surface area (Å²) in [4.78, 5) is 28.0. The number of ether oxygens (including phenoxy) is 2. The third kappa shape index (κ3) is 6.64. The van der Waals surface area contributed by atoms with Gasteiger partial charge in [0.15, 0.2) is 5.57 Å². The first kappa shape index (κ1) is 20.8. The Balaban J connectivity index is 3.17. The Morgan fingerprint density at radius 1 is 1.24 bits per heavy atom. The van der Waals surface area contributed by atoms with Crippen molar-refractivity contribution in [3.8, 4) is 0 Å². The second kappa shape index (κ2) is 10.6. The molecule has 136 valence electrons. The molecule has 0 fully saturated rings. The fraction of sp³-hybridized carbons (Fsp3) is 0.312. The van der Waals surface area contributed by atoms with Crippen molar-refractivity contribution in [3.63, 3.8) is 0 Å². The first-order valence-corrected chi connectivity index (χ1v) is 8.33. The van der Waals surface area contributed by atoms with Crippen molar-refractivity contribution in [2.75, 3.05) is 24.4 Å². The van der Waals surface area contributed by atoms with Crippen LogP contribution in [0.5, 0.6) is 0 Å². The maximum absolute atomic E-state index is 11.9. The van der Waals surface area contributed by atoms with Crippen LogP contribution >= 0.6 is 23.2 Å². The highest BCUT2D eigenvalue weighted by molar-refractivity contribution is 6.31. The lowest BCUT2D eigenvalue weighted by atomic mass is 10.2. The number of nitrogens with zero attached hydrogens (tertiary/aromatic N) is 1. The molecule has 0 bridgehead atoms. The summed E-state index contributed by atoms with van der Waals surface area (Å²) in [5, 5.41) is 3.26. The molecular weight excluding hydrogens is 369 g/mol. The summed E-state index contributed by atoms with van der Waals surface area (Å²) in [6.07, 6.45) is 1.19. The van der Waals surface area contributed by atoms with Gasteiger partial charge in [-0.05, 0) is 32.0 Å². The van der Waals surface area contributed by atoms with Gasteiger partial charge in [0.2, 0.25) is 0 Å². The lowest BCUT2D eigenvalue weighted by Gasteiger charge is -2.10. The van der Waals surface area contributed by atoms with Gasteiger partial charge in [-0.15, -0.1) is 11.6 Å². The van der Waals surface area contributed by atoms with E-state index in [0.717, 1.165) is 0 Å². The molecule has 1 aromatic carbocycles. The second-order valence-corrected chi connectivity index (χ2v) is 5.25. The van der Waals surface area contributed by atoms with Gasteiger partial charge in [-0.2, -0.15) is 0 Å². The van der Waals surface area contributed by atoms with Crippen molar-refractivity contribution >= 4 is 52.4 Å². The summed E-state index contributed by atoms with van der Waals surface area (Å²) >= 11 is 11.6. The zero-order valence-corrected chi connectivity index (χ0v) is 15.4. The zero-order chi connectivity index (χ0) is 18.8. The first-order chi connectivity index (χ1) is 11.9. The zero-order valence-electron chi connectivity index (χ0n) is 13.8. The number of amidine groups is 1. The summed E-state index contributed by atoms with van der Waals surface area (Å²) in [7, 11) is 0. The van der Waals surface area contributed by atoms with Crippen LogP contribution < -0.4 is 11.1 Å². The Kier molecular flexibility index (Phi) is 8.80. The van der Waals surface area contributed by atoms with Gasteiger partial charge in [0.1, 0.15) is 5.84 Å². The van der Waals surface area contributed by atoms with E-state index in [0.29, 0.717) is 16.4 Å². The Morgan fingerprint density at radius 3 is 2.36 bits per heavy atom. The lowest BCUT2D eigenvalue weighted by molar-refractivity contribution is -0.146. The molecular formula is C16H19Cl2N3O4.